The van der Waals surface area contributed by atoms with E-state index in [-0.39, 0.29) is 18.4 Å². The first-order valence-corrected chi connectivity index (χ1v) is 7.84. The average Bonchev–Trinajstić information content (AvgIpc) is 2.88. The van der Waals surface area contributed by atoms with Crippen LogP contribution in [0.4, 0.5) is 0 Å². The molecule has 120 valence electrons. The summed E-state index contributed by atoms with van der Waals surface area (Å²) in [4.78, 5) is 3.51. The summed E-state index contributed by atoms with van der Waals surface area (Å²) in [6.45, 7) is 2.92. The first-order valence-electron chi connectivity index (χ1n) is 7.46. The van der Waals surface area contributed by atoms with Crippen LogP contribution in [0.25, 0.3) is 10.9 Å². The van der Waals surface area contributed by atoms with Crippen LogP contribution in [-0.4, -0.2) is 16.6 Å². The van der Waals surface area contributed by atoms with E-state index in [1.807, 2.05) is 37.3 Å². The molecule has 0 fully saturated rings. The molecule has 1 aliphatic rings. The van der Waals surface area contributed by atoms with Gasteiger partial charge in [-0.15, -0.1) is 12.4 Å². The van der Waals surface area contributed by atoms with Crippen molar-refractivity contribution in [1.82, 2.24) is 10.3 Å². The Morgan fingerprint density at radius 1 is 1.17 bits per heavy atom. The van der Waals surface area contributed by atoms with Crippen molar-refractivity contribution in [3.63, 3.8) is 0 Å². The van der Waals surface area contributed by atoms with Crippen LogP contribution in [0.15, 0.2) is 36.4 Å². The van der Waals surface area contributed by atoms with E-state index in [0.717, 1.165) is 40.3 Å². The van der Waals surface area contributed by atoms with Gasteiger partial charge in [-0.25, -0.2) is 0 Å². The Balaban J connectivity index is 0.00000156. The lowest BCUT2D eigenvalue weighted by molar-refractivity contribution is 0.452. The Morgan fingerprint density at radius 2 is 2.00 bits per heavy atom. The second-order valence-electron chi connectivity index (χ2n) is 5.91. The minimum Gasteiger partial charge on any atom is -0.508 e. The number of aromatic nitrogens is 1. The summed E-state index contributed by atoms with van der Waals surface area (Å²) in [6.07, 6.45) is 0.957. The molecule has 0 radical (unpaired) electrons. The van der Waals surface area contributed by atoms with E-state index in [0.29, 0.717) is 5.75 Å². The van der Waals surface area contributed by atoms with Crippen LogP contribution < -0.4 is 5.32 Å². The highest BCUT2D eigenvalue weighted by Crippen LogP contribution is 2.37. The monoisotopic (exact) mass is 348 g/mol. The minimum atomic E-state index is -0.0187. The maximum Gasteiger partial charge on any atom is 0.120 e. The third kappa shape index (κ3) is 2.69. The zero-order valence-electron chi connectivity index (χ0n) is 12.7. The molecule has 5 heteroatoms. The molecule has 1 aromatic heterocycles. The number of H-pyrrole nitrogens is 1. The lowest BCUT2D eigenvalue weighted by atomic mass is 9.93. The number of halogens is 2. The van der Waals surface area contributed by atoms with Gasteiger partial charge in [-0.1, -0.05) is 29.3 Å². The van der Waals surface area contributed by atoms with Crippen molar-refractivity contribution in [2.75, 3.05) is 6.54 Å². The normalized spacial score (nSPS) is 16.9. The number of nitrogens with one attached hydrogen (secondary N) is 2. The van der Waals surface area contributed by atoms with Crippen molar-refractivity contribution in [3.8, 4) is 5.75 Å². The summed E-state index contributed by atoms with van der Waals surface area (Å²) < 4.78 is 0. The topological polar surface area (TPSA) is 48.0 Å². The Morgan fingerprint density at radius 3 is 2.83 bits per heavy atom. The number of rotatable bonds is 1. The van der Waals surface area contributed by atoms with E-state index in [4.69, 9.17) is 11.6 Å². The van der Waals surface area contributed by atoms with Gasteiger partial charge < -0.3 is 15.4 Å². The highest BCUT2D eigenvalue weighted by molar-refractivity contribution is 6.31. The van der Waals surface area contributed by atoms with Gasteiger partial charge in [0.25, 0.3) is 0 Å². The van der Waals surface area contributed by atoms with Crippen LogP contribution in [-0.2, 0) is 6.42 Å². The predicted molar refractivity (Wildman–Crippen MR) is 97.0 cm³/mol. The molecule has 0 amide bonds. The largest absolute Gasteiger partial charge is 0.508 e. The van der Waals surface area contributed by atoms with E-state index >= 15 is 0 Å². The first-order chi connectivity index (χ1) is 10.6. The lowest BCUT2D eigenvalue weighted by Crippen LogP contribution is -2.30. The summed E-state index contributed by atoms with van der Waals surface area (Å²) in [5.41, 5.74) is 5.57. The number of aromatic hydroxyl groups is 1. The van der Waals surface area contributed by atoms with E-state index in [1.165, 1.54) is 10.9 Å². The van der Waals surface area contributed by atoms with Crippen molar-refractivity contribution in [2.24, 2.45) is 0 Å². The molecule has 3 aromatic rings. The van der Waals surface area contributed by atoms with Gasteiger partial charge in [0.05, 0.1) is 6.04 Å². The number of aromatic amines is 1. The number of benzene rings is 2. The average molecular weight is 349 g/mol. The van der Waals surface area contributed by atoms with Gasteiger partial charge in [0.1, 0.15) is 5.75 Å². The number of hydrogen-bond acceptors (Lipinski definition) is 2. The second-order valence-corrected chi connectivity index (χ2v) is 6.34. The molecule has 2 aromatic carbocycles. The highest BCUT2D eigenvalue weighted by atomic mass is 35.5. The minimum absolute atomic E-state index is 0. The van der Waals surface area contributed by atoms with E-state index in [2.05, 4.69) is 10.3 Å². The van der Waals surface area contributed by atoms with Gasteiger partial charge in [-0.05, 0) is 43.2 Å². The zero-order chi connectivity index (χ0) is 15.3. The second kappa shape index (κ2) is 6.08. The fourth-order valence-corrected chi connectivity index (χ4v) is 3.54. The molecule has 2 heterocycles. The summed E-state index contributed by atoms with van der Waals surface area (Å²) in [6, 6.07) is 11.6. The van der Waals surface area contributed by atoms with Crippen molar-refractivity contribution in [2.45, 2.75) is 19.4 Å². The van der Waals surface area contributed by atoms with Crippen LogP contribution in [0, 0.1) is 6.92 Å². The Labute approximate surface area is 146 Å². The number of fused-ring (bicyclic) bond motifs is 3. The lowest BCUT2D eigenvalue weighted by Gasteiger charge is -2.25. The molecule has 4 rings (SSSR count). The van der Waals surface area contributed by atoms with Gasteiger partial charge in [0.2, 0.25) is 0 Å². The fraction of sp³-hybridized carbons (Fsp3) is 0.222. The third-order valence-corrected chi connectivity index (χ3v) is 4.64. The van der Waals surface area contributed by atoms with Crippen molar-refractivity contribution in [3.05, 3.63) is 63.8 Å². The van der Waals surface area contributed by atoms with Gasteiger partial charge in [-0.3, -0.25) is 0 Å². The maximum atomic E-state index is 10.3. The van der Waals surface area contributed by atoms with Gasteiger partial charge >= 0.3 is 0 Å². The molecule has 1 unspecified atom stereocenters. The van der Waals surface area contributed by atoms with Gasteiger partial charge in [0.15, 0.2) is 0 Å². The molecule has 1 aliphatic heterocycles. The molecular formula is C18H18Cl2N2O. The smallest absolute Gasteiger partial charge is 0.120 e. The number of phenolic OH excluding ortho intramolecular Hbond substituents is 1. The fourth-order valence-electron chi connectivity index (χ4n) is 3.37. The molecule has 23 heavy (non-hydrogen) atoms. The quantitative estimate of drug-likeness (QED) is 0.606. The van der Waals surface area contributed by atoms with Crippen molar-refractivity contribution in [1.29, 1.82) is 0 Å². The van der Waals surface area contributed by atoms with Crippen LogP contribution in [0.2, 0.25) is 5.02 Å². The molecule has 0 bridgehead atoms. The summed E-state index contributed by atoms with van der Waals surface area (Å²) in [7, 11) is 0. The maximum absolute atomic E-state index is 10.3. The highest BCUT2D eigenvalue weighted by Gasteiger charge is 2.27. The van der Waals surface area contributed by atoms with Crippen LogP contribution >= 0.6 is 24.0 Å². The molecule has 1 atom stereocenters. The first kappa shape index (κ1) is 16.2. The molecule has 3 N–H and O–H groups in total. The van der Waals surface area contributed by atoms with Gasteiger partial charge in [0, 0.05) is 33.7 Å². The van der Waals surface area contributed by atoms with Crippen molar-refractivity contribution >= 4 is 34.9 Å². The van der Waals surface area contributed by atoms with Gasteiger partial charge in [-0.2, -0.15) is 0 Å². The zero-order valence-corrected chi connectivity index (χ0v) is 14.3. The Bertz CT molecular complexity index is 873. The van der Waals surface area contributed by atoms with Crippen LogP contribution in [0.1, 0.15) is 28.4 Å². The molecule has 0 saturated heterocycles. The van der Waals surface area contributed by atoms with Crippen molar-refractivity contribution < 1.29 is 5.11 Å². The Hall–Kier alpha value is -1.68. The summed E-state index contributed by atoms with van der Waals surface area (Å²) in [5, 5.41) is 15.7. The standard InChI is InChI=1S/C18H17ClN2O.ClH/c1-10-2-5-16(22)14(8-10)17-18-12(6-7-20-17)13-9-11(19)3-4-15(13)21-18;/h2-5,8-9,17,20-22H,6-7H2,1H3;1H. The molecule has 0 aliphatic carbocycles. The number of hydrogen-bond donors (Lipinski definition) is 3. The summed E-state index contributed by atoms with van der Waals surface area (Å²) >= 11 is 6.15. The number of phenols is 1. The SMILES string of the molecule is Cc1ccc(O)c(C2NCCc3c2[nH]c2ccc(Cl)cc32)c1.Cl. The third-order valence-electron chi connectivity index (χ3n) is 4.41. The Kier molecular flexibility index (Phi) is 4.28. The molecule has 0 spiro atoms. The van der Waals surface area contributed by atoms with E-state index in [9.17, 15) is 5.11 Å². The van der Waals surface area contributed by atoms with E-state index in [1.54, 1.807) is 6.07 Å². The molecule has 0 saturated carbocycles. The van der Waals surface area contributed by atoms with Crippen LogP contribution in [0.3, 0.4) is 0 Å². The van der Waals surface area contributed by atoms with E-state index < -0.39 is 0 Å². The number of aryl methyl sites for hydroxylation is 1. The molecule has 3 nitrogen and oxygen atoms in total. The predicted octanol–water partition coefficient (Wildman–Crippen LogP) is 4.49. The molecular weight excluding hydrogens is 331 g/mol. The van der Waals surface area contributed by atoms with Crippen LogP contribution in [0.5, 0.6) is 5.75 Å². The summed E-state index contributed by atoms with van der Waals surface area (Å²) in [5.74, 6) is 0.327.